The van der Waals surface area contributed by atoms with Crippen LogP contribution in [0.4, 0.5) is 0 Å². The fourth-order valence-electron chi connectivity index (χ4n) is 3.35. The molecule has 4 aromatic rings. The molecule has 0 atom stereocenters. The van der Waals surface area contributed by atoms with Crippen molar-refractivity contribution in [2.45, 2.75) is 20.0 Å². The predicted molar refractivity (Wildman–Crippen MR) is 125 cm³/mol. The van der Waals surface area contributed by atoms with E-state index in [1.54, 1.807) is 18.2 Å². The van der Waals surface area contributed by atoms with Gasteiger partial charge in [0.05, 0.1) is 14.5 Å². The van der Waals surface area contributed by atoms with Crippen LogP contribution in [0.1, 0.15) is 34.2 Å². The number of halogens is 2. The maximum Gasteiger partial charge on any atom is 0.197 e. The van der Waals surface area contributed by atoms with E-state index in [0.717, 1.165) is 5.56 Å². The third-order valence-electron chi connectivity index (χ3n) is 4.91. The Balaban J connectivity index is 1.74. The quantitative estimate of drug-likeness (QED) is 0.262. The summed E-state index contributed by atoms with van der Waals surface area (Å²) in [6.07, 6.45) is 0.497. The van der Waals surface area contributed by atoms with Gasteiger partial charge in [0, 0.05) is 23.4 Å². The molecule has 3 aromatic carbocycles. The Morgan fingerprint density at radius 2 is 1.71 bits per heavy atom. The highest BCUT2D eigenvalue weighted by molar-refractivity contribution is 9.11. The summed E-state index contributed by atoms with van der Waals surface area (Å²) in [6.45, 7) is 2.19. The Morgan fingerprint density at radius 3 is 2.35 bits per heavy atom. The summed E-state index contributed by atoms with van der Waals surface area (Å²) in [4.78, 5) is 13.3. The lowest BCUT2D eigenvalue weighted by Crippen LogP contribution is -2.04. The molecule has 0 saturated heterocycles. The van der Waals surface area contributed by atoms with Gasteiger partial charge in [0.25, 0.3) is 0 Å². The van der Waals surface area contributed by atoms with Crippen LogP contribution in [0, 0.1) is 0 Å². The van der Waals surface area contributed by atoms with E-state index in [0.29, 0.717) is 49.8 Å². The number of hydrogen-bond donors (Lipinski definition) is 2. The van der Waals surface area contributed by atoms with Crippen LogP contribution in [0.2, 0.25) is 0 Å². The third-order valence-corrected chi connectivity index (χ3v) is 6.12. The molecular weight excluding hydrogens is 528 g/mol. The number of benzene rings is 3. The molecule has 4 rings (SSSR count). The lowest BCUT2D eigenvalue weighted by Gasteiger charge is -2.09. The van der Waals surface area contributed by atoms with Crippen LogP contribution >= 0.6 is 31.9 Å². The van der Waals surface area contributed by atoms with E-state index in [1.165, 1.54) is 6.07 Å². The summed E-state index contributed by atoms with van der Waals surface area (Å²) in [5, 5.41) is 21.0. The van der Waals surface area contributed by atoms with Crippen molar-refractivity contribution in [3.05, 3.63) is 86.0 Å². The van der Waals surface area contributed by atoms with Gasteiger partial charge in [-0.25, -0.2) is 0 Å². The Hall–Kier alpha value is -2.77. The molecule has 2 N–H and O–H groups in total. The molecule has 0 bridgehead atoms. The number of aromatic hydroxyl groups is 2. The van der Waals surface area contributed by atoms with Gasteiger partial charge in [0.1, 0.15) is 23.7 Å². The summed E-state index contributed by atoms with van der Waals surface area (Å²) in [5.74, 6) is 0.465. The first kappa shape index (κ1) is 21.5. The number of fused-ring (bicyclic) bond motifs is 1. The molecule has 5 nitrogen and oxygen atoms in total. The maximum absolute atomic E-state index is 13.3. The molecule has 0 spiro atoms. The van der Waals surface area contributed by atoms with Gasteiger partial charge in [-0.3, -0.25) is 4.79 Å². The van der Waals surface area contributed by atoms with Crippen molar-refractivity contribution in [2.75, 3.05) is 0 Å². The van der Waals surface area contributed by atoms with Gasteiger partial charge in [0.15, 0.2) is 17.3 Å². The summed E-state index contributed by atoms with van der Waals surface area (Å²) in [6, 6.07) is 15.8. The average Bonchev–Trinajstić information content (AvgIpc) is 3.12. The van der Waals surface area contributed by atoms with E-state index in [-0.39, 0.29) is 23.0 Å². The van der Waals surface area contributed by atoms with Crippen LogP contribution in [0.5, 0.6) is 17.2 Å². The van der Waals surface area contributed by atoms with Crippen LogP contribution in [-0.4, -0.2) is 16.0 Å². The summed E-state index contributed by atoms with van der Waals surface area (Å²) in [5.41, 5.74) is 2.18. The number of hydrogen-bond acceptors (Lipinski definition) is 5. The predicted octanol–water partition coefficient (Wildman–Crippen LogP) is 6.74. The molecular formula is C24H18Br2O5. The fraction of sp³-hybridized carbons (Fsp3) is 0.125. The zero-order valence-electron chi connectivity index (χ0n) is 16.5. The molecule has 0 aliphatic carbocycles. The monoisotopic (exact) mass is 544 g/mol. The van der Waals surface area contributed by atoms with E-state index >= 15 is 0 Å². The number of rotatable bonds is 6. The second-order valence-electron chi connectivity index (χ2n) is 6.96. The number of ketones is 1. The number of ether oxygens (including phenoxy) is 1. The largest absolute Gasteiger partial charge is 0.506 e. The molecule has 0 saturated carbocycles. The smallest absolute Gasteiger partial charge is 0.197 e. The van der Waals surface area contributed by atoms with Crippen molar-refractivity contribution in [2.24, 2.45) is 0 Å². The van der Waals surface area contributed by atoms with Crippen LogP contribution in [0.3, 0.4) is 0 Å². The molecule has 0 radical (unpaired) electrons. The Morgan fingerprint density at radius 1 is 1.03 bits per heavy atom. The van der Waals surface area contributed by atoms with Crippen molar-refractivity contribution >= 4 is 48.6 Å². The minimum Gasteiger partial charge on any atom is -0.506 e. The summed E-state index contributed by atoms with van der Waals surface area (Å²) < 4.78 is 12.5. The van der Waals surface area contributed by atoms with E-state index in [1.807, 2.05) is 37.3 Å². The minimum atomic E-state index is -0.269. The van der Waals surface area contributed by atoms with Gasteiger partial charge in [-0.05, 0) is 55.6 Å². The summed E-state index contributed by atoms with van der Waals surface area (Å²) in [7, 11) is 0. The highest BCUT2D eigenvalue weighted by Crippen LogP contribution is 2.39. The van der Waals surface area contributed by atoms with Crippen LogP contribution in [0.15, 0.2) is 68.0 Å². The standard InChI is InChI=1S/C24H18Br2O5/c1-2-19-22(23(28)14-8-16(25)24(29)17(26)9-14)15-10-18(27)21(11-20(15)31-19)30-12-13-6-4-3-5-7-13/h3-11,27,29H,2,12H2,1H3. The van der Waals surface area contributed by atoms with Crippen LogP contribution < -0.4 is 4.74 Å². The fourth-order valence-corrected chi connectivity index (χ4v) is 4.54. The second kappa shape index (κ2) is 8.77. The van der Waals surface area contributed by atoms with E-state index in [9.17, 15) is 15.0 Å². The normalized spacial score (nSPS) is 11.1. The second-order valence-corrected chi connectivity index (χ2v) is 8.67. The van der Waals surface area contributed by atoms with Gasteiger partial charge in [0.2, 0.25) is 0 Å². The van der Waals surface area contributed by atoms with Crippen molar-refractivity contribution in [3.63, 3.8) is 0 Å². The maximum atomic E-state index is 13.3. The van der Waals surface area contributed by atoms with Crippen molar-refractivity contribution in [1.82, 2.24) is 0 Å². The van der Waals surface area contributed by atoms with Gasteiger partial charge in [-0.2, -0.15) is 0 Å². The lowest BCUT2D eigenvalue weighted by atomic mass is 9.99. The highest BCUT2D eigenvalue weighted by atomic mass is 79.9. The molecule has 1 aromatic heterocycles. The molecule has 0 fully saturated rings. The van der Waals surface area contributed by atoms with E-state index < -0.39 is 0 Å². The van der Waals surface area contributed by atoms with Crippen LogP contribution in [0.25, 0.3) is 11.0 Å². The number of aryl methyl sites for hydroxylation is 1. The SMILES string of the molecule is CCc1oc2cc(OCc3ccccc3)c(O)cc2c1C(=O)c1cc(Br)c(O)c(Br)c1. The molecule has 1 heterocycles. The number of furan rings is 1. The van der Waals surface area contributed by atoms with Crippen LogP contribution in [-0.2, 0) is 13.0 Å². The number of carbonyl (C=O) groups is 1. The first-order valence-corrected chi connectivity index (χ1v) is 11.2. The highest BCUT2D eigenvalue weighted by Gasteiger charge is 2.24. The zero-order valence-corrected chi connectivity index (χ0v) is 19.7. The number of phenols is 2. The molecule has 0 aliphatic heterocycles. The average molecular weight is 546 g/mol. The molecule has 7 heteroatoms. The molecule has 31 heavy (non-hydrogen) atoms. The minimum absolute atomic E-state index is 0.0159. The molecule has 0 amide bonds. The molecule has 158 valence electrons. The van der Waals surface area contributed by atoms with Crippen molar-refractivity contribution < 1.29 is 24.2 Å². The Labute approximate surface area is 195 Å². The van der Waals surface area contributed by atoms with Gasteiger partial charge < -0.3 is 19.4 Å². The Bertz CT molecular complexity index is 1260. The van der Waals surface area contributed by atoms with Gasteiger partial charge in [-0.1, -0.05) is 37.3 Å². The summed E-state index contributed by atoms with van der Waals surface area (Å²) >= 11 is 6.52. The van der Waals surface area contributed by atoms with Crippen molar-refractivity contribution in [1.29, 1.82) is 0 Å². The number of phenolic OH excluding ortho intramolecular Hbond substituents is 2. The third kappa shape index (κ3) is 4.20. The Kier molecular flexibility index (Phi) is 6.07. The topological polar surface area (TPSA) is 79.9 Å². The first-order valence-electron chi connectivity index (χ1n) is 9.56. The lowest BCUT2D eigenvalue weighted by molar-refractivity contribution is 0.103. The molecule has 0 aliphatic rings. The first-order chi connectivity index (χ1) is 14.9. The molecule has 0 unspecified atom stereocenters. The van der Waals surface area contributed by atoms with Crippen molar-refractivity contribution in [3.8, 4) is 17.2 Å². The van der Waals surface area contributed by atoms with E-state index in [2.05, 4.69) is 31.9 Å². The van der Waals surface area contributed by atoms with E-state index in [4.69, 9.17) is 9.15 Å². The number of carbonyl (C=O) groups excluding carboxylic acids is 1. The zero-order chi connectivity index (χ0) is 22.1. The van der Waals surface area contributed by atoms with Gasteiger partial charge in [-0.15, -0.1) is 0 Å². The van der Waals surface area contributed by atoms with Gasteiger partial charge >= 0.3 is 0 Å².